The Morgan fingerprint density at radius 3 is 2.73 bits per heavy atom. The van der Waals surface area contributed by atoms with E-state index in [-0.39, 0.29) is 5.91 Å². The Morgan fingerprint density at radius 1 is 1.47 bits per heavy atom. The molecular weight excluding hydrogens is 258 g/mol. The monoisotopic (exact) mass is 271 g/mol. The molecular formula is C11H14BrNO2. The van der Waals surface area contributed by atoms with Crippen LogP contribution in [0.2, 0.25) is 0 Å². The van der Waals surface area contributed by atoms with Gasteiger partial charge in [-0.3, -0.25) is 4.79 Å². The second-order valence-electron chi connectivity index (χ2n) is 3.31. The lowest BCUT2D eigenvalue weighted by atomic mass is 10.1. The van der Waals surface area contributed by atoms with Crippen molar-refractivity contribution in [3.63, 3.8) is 0 Å². The molecule has 1 aromatic rings. The van der Waals surface area contributed by atoms with E-state index < -0.39 is 6.61 Å². The lowest BCUT2D eigenvalue weighted by molar-refractivity contribution is -0.132. The fourth-order valence-electron chi connectivity index (χ4n) is 1.23. The molecule has 0 spiro atoms. The quantitative estimate of drug-likeness (QED) is 0.901. The fraction of sp³-hybridized carbons (Fsp3) is 0.364. The summed E-state index contributed by atoms with van der Waals surface area (Å²) in [5.41, 5.74) is 1.16. The minimum Gasteiger partial charge on any atom is -0.387 e. The molecule has 0 aliphatic rings. The second-order valence-corrected chi connectivity index (χ2v) is 4.17. The summed E-state index contributed by atoms with van der Waals surface area (Å²) >= 11 is 3.45. The largest absolute Gasteiger partial charge is 0.387 e. The van der Waals surface area contributed by atoms with Crippen LogP contribution < -0.4 is 0 Å². The van der Waals surface area contributed by atoms with Crippen LogP contribution in [0, 0.1) is 0 Å². The highest BCUT2D eigenvalue weighted by atomic mass is 79.9. The molecule has 0 aromatic heterocycles. The average molecular weight is 272 g/mol. The number of aliphatic hydroxyl groups is 1. The van der Waals surface area contributed by atoms with Gasteiger partial charge in [0, 0.05) is 18.1 Å². The van der Waals surface area contributed by atoms with Crippen molar-refractivity contribution in [2.45, 2.75) is 6.42 Å². The molecule has 0 aliphatic heterocycles. The fourth-order valence-corrected chi connectivity index (χ4v) is 1.72. The maximum atomic E-state index is 11.1. The normalized spacial score (nSPS) is 10.1. The standard InChI is InChI=1S/C11H14BrNO2/c1-13(11(15)8-14)7-6-9-4-2-3-5-10(9)12/h2-5,14H,6-8H2,1H3. The highest BCUT2D eigenvalue weighted by Gasteiger charge is 2.07. The summed E-state index contributed by atoms with van der Waals surface area (Å²) in [4.78, 5) is 12.6. The van der Waals surface area contributed by atoms with Crippen molar-refractivity contribution < 1.29 is 9.90 Å². The van der Waals surface area contributed by atoms with Crippen molar-refractivity contribution in [3.05, 3.63) is 34.3 Å². The molecule has 1 amide bonds. The van der Waals surface area contributed by atoms with E-state index >= 15 is 0 Å². The Balaban J connectivity index is 2.50. The molecule has 0 saturated heterocycles. The van der Waals surface area contributed by atoms with Gasteiger partial charge in [0.15, 0.2) is 0 Å². The van der Waals surface area contributed by atoms with Crippen LogP contribution in [0.25, 0.3) is 0 Å². The van der Waals surface area contributed by atoms with Crippen molar-refractivity contribution in [1.29, 1.82) is 0 Å². The summed E-state index contributed by atoms with van der Waals surface area (Å²) in [6.45, 7) is 0.189. The van der Waals surface area contributed by atoms with Gasteiger partial charge in [-0.25, -0.2) is 0 Å². The first-order chi connectivity index (χ1) is 7.15. The SMILES string of the molecule is CN(CCc1ccccc1Br)C(=O)CO. The number of hydrogen-bond acceptors (Lipinski definition) is 2. The summed E-state index contributed by atoms with van der Waals surface area (Å²) in [5, 5.41) is 8.66. The second kappa shape index (κ2) is 5.88. The molecule has 0 unspecified atom stereocenters. The highest BCUT2D eigenvalue weighted by Crippen LogP contribution is 2.16. The van der Waals surface area contributed by atoms with Gasteiger partial charge in [-0.05, 0) is 18.1 Å². The van der Waals surface area contributed by atoms with Crippen LogP contribution in [0.3, 0.4) is 0 Å². The predicted octanol–water partition coefficient (Wildman–Crippen LogP) is 1.44. The van der Waals surface area contributed by atoms with Crippen molar-refractivity contribution >= 4 is 21.8 Å². The number of aliphatic hydroxyl groups excluding tert-OH is 1. The third kappa shape index (κ3) is 3.64. The van der Waals surface area contributed by atoms with Gasteiger partial charge in [0.1, 0.15) is 6.61 Å². The maximum Gasteiger partial charge on any atom is 0.248 e. The Hall–Kier alpha value is -0.870. The van der Waals surface area contributed by atoms with Crippen LogP contribution in [-0.2, 0) is 11.2 Å². The zero-order valence-electron chi connectivity index (χ0n) is 8.61. The van der Waals surface area contributed by atoms with E-state index in [0.717, 1.165) is 16.5 Å². The number of hydrogen-bond donors (Lipinski definition) is 1. The van der Waals surface area contributed by atoms with Crippen LogP contribution in [0.15, 0.2) is 28.7 Å². The number of carbonyl (C=O) groups is 1. The van der Waals surface area contributed by atoms with Gasteiger partial charge in [-0.2, -0.15) is 0 Å². The predicted molar refractivity (Wildman–Crippen MR) is 62.6 cm³/mol. The summed E-state index contributed by atoms with van der Waals surface area (Å²) in [6, 6.07) is 7.91. The van der Waals surface area contributed by atoms with Crippen molar-refractivity contribution in [2.24, 2.45) is 0 Å². The first-order valence-corrected chi connectivity index (χ1v) is 5.52. The zero-order chi connectivity index (χ0) is 11.3. The molecule has 3 nitrogen and oxygen atoms in total. The number of benzene rings is 1. The van der Waals surface area contributed by atoms with Gasteiger partial charge in [0.25, 0.3) is 0 Å². The Kier molecular flexibility index (Phi) is 4.78. The minimum atomic E-state index is -0.424. The van der Waals surface area contributed by atoms with E-state index in [1.165, 1.54) is 4.90 Å². The van der Waals surface area contributed by atoms with Gasteiger partial charge in [-0.1, -0.05) is 34.1 Å². The highest BCUT2D eigenvalue weighted by molar-refractivity contribution is 9.10. The van der Waals surface area contributed by atoms with Crippen molar-refractivity contribution in [3.8, 4) is 0 Å². The Bertz CT molecular complexity index is 341. The van der Waals surface area contributed by atoms with E-state index in [1.54, 1.807) is 7.05 Å². The Labute approximate surface area is 97.8 Å². The van der Waals surface area contributed by atoms with Gasteiger partial charge in [0.05, 0.1) is 0 Å². The third-order valence-electron chi connectivity index (χ3n) is 2.24. The van der Waals surface area contributed by atoms with E-state index in [0.29, 0.717) is 6.54 Å². The van der Waals surface area contributed by atoms with Crippen molar-refractivity contribution in [2.75, 3.05) is 20.2 Å². The molecule has 0 bridgehead atoms. The van der Waals surface area contributed by atoms with Gasteiger partial charge in [0.2, 0.25) is 5.91 Å². The molecule has 1 rings (SSSR count). The van der Waals surface area contributed by atoms with Crippen LogP contribution in [0.1, 0.15) is 5.56 Å². The van der Waals surface area contributed by atoms with E-state index in [4.69, 9.17) is 5.11 Å². The van der Waals surface area contributed by atoms with E-state index in [9.17, 15) is 4.79 Å². The number of carbonyl (C=O) groups excluding carboxylic acids is 1. The molecule has 15 heavy (non-hydrogen) atoms. The van der Waals surface area contributed by atoms with E-state index in [1.807, 2.05) is 24.3 Å². The maximum absolute atomic E-state index is 11.1. The molecule has 4 heteroatoms. The molecule has 0 atom stereocenters. The number of halogens is 1. The molecule has 0 heterocycles. The average Bonchev–Trinajstić information content (AvgIpc) is 2.26. The Morgan fingerprint density at radius 2 is 2.13 bits per heavy atom. The summed E-state index contributed by atoms with van der Waals surface area (Å²) < 4.78 is 1.05. The molecule has 0 aliphatic carbocycles. The first kappa shape index (κ1) is 12.2. The smallest absolute Gasteiger partial charge is 0.248 e. The topological polar surface area (TPSA) is 40.5 Å². The van der Waals surface area contributed by atoms with Gasteiger partial charge in [-0.15, -0.1) is 0 Å². The lowest BCUT2D eigenvalue weighted by Gasteiger charge is -2.15. The van der Waals surface area contributed by atoms with E-state index in [2.05, 4.69) is 15.9 Å². The number of likely N-dealkylation sites (N-methyl/N-ethyl adjacent to an activating group) is 1. The van der Waals surface area contributed by atoms with Crippen molar-refractivity contribution in [1.82, 2.24) is 4.90 Å². The summed E-state index contributed by atoms with van der Waals surface area (Å²) in [5.74, 6) is -0.248. The summed E-state index contributed by atoms with van der Waals surface area (Å²) in [6.07, 6.45) is 0.781. The third-order valence-corrected chi connectivity index (χ3v) is 3.01. The van der Waals surface area contributed by atoms with Crippen LogP contribution >= 0.6 is 15.9 Å². The lowest BCUT2D eigenvalue weighted by Crippen LogP contribution is -2.31. The molecule has 82 valence electrons. The molecule has 0 saturated carbocycles. The number of amides is 1. The van der Waals surface area contributed by atoms with Gasteiger partial charge >= 0.3 is 0 Å². The summed E-state index contributed by atoms with van der Waals surface area (Å²) in [7, 11) is 1.69. The molecule has 0 fully saturated rings. The van der Waals surface area contributed by atoms with Crippen LogP contribution in [0.5, 0.6) is 0 Å². The number of nitrogens with zero attached hydrogens (tertiary/aromatic N) is 1. The first-order valence-electron chi connectivity index (χ1n) is 4.73. The molecule has 0 radical (unpaired) electrons. The number of rotatable bonds is 4. The van der Waals surface area contributed by atoms with Crippen LogP contribution in [-0.4, -0.2) is 36.1 Å². The molecule has 1 aromatic carbocycles. The minimum absolute atomic E-state index is 0.248. The van der Waals surface area contributed by atoms with Crippen LogP contribution in [0.4, 0.5) is 0 Å². The molecule has 1 N–H and O–H groups in total. The van der Waals surface area contributed by atoms with Gasteiger partial charge < -0.3 is 10.0 Å². The zero-order valence-corrected chi connectivity index (χ0v) is 10.2.